The Morgan fingerprint density at radius 2 is 2.21 bits per heavy atom. The molecule has 1 heterocycles. The molecule has 0 unspecified atom stereocenters. The largest absolute Gasteiger partial charge is 0.368 e. The van der Waals surface area contributed by atoms with Crippen LogP contribution in [0, 0.1) is 6.92 Å². The molecule has 0 radical (unpaired) electrons. The van der Waals surface area contributed by atoms with Crippen LogP contribution in [0.2, 0.25) is 0 Å². The van der Waals surface area contributed by atoms with E-state index in [4.69, 9.17) is 5.73 Å². The maximum absolute atomic E-state index is 11.7. The molecule has 0 spiro atoms. The SMILES string of the molecule is CCN(C)C(=O)c1cc(C)nc(N)n1. The van der Waals surface area contributed by atoms with Crippen molar-refractivity contribution in [1.82, 2.24) is 14.9 Å². The topological polar surface area (TPSA) is 72.1 Å². The van der Waals surface area contributed by atoms with Crippen molar-refractivity contribution in [2.45, 2.75) is 13.8 Å². The molecule has 1 aromatic heterocycles. The molecule has 2 N–H and O–H groups in total. The quantitative estimate of drug-likeness (QED) is 0.742. The third-order valence-electron chi connectivity index (χ3n) is 1.91. The van der Waals surface area contributed by atoms with Crippen LogP contribution < -0.4 is 5.73 Å². The first-order valence-corrected chi connectivity index (χ1v) is 4.41. The second-order valence-electron chi connectivity index (χ2n) is 3.07. The Kier molecular flexibility index (Phi) is 3.01. The number of aromatic nitrogens is 2. The van der Waals surface area contributed by atoms with Crippen LogP contribution in [0.1, 0.15) is 23.1 Å². The summed E-state index contributed by atoms with van der Waals surface area (Å²) in [5, 5.41) is 0. The van der Waals surface area contributed by atoms with E-state index in [9.17, 15) is 4.79 Å². The van der Waals surface area contributed by atoms with Crippen LogP contribution >= 0.6 is 0 Å². The average molecular weight is 194 g/mol. The van der Waals surface area contributed by atoms with Crippen LogP contribution in [-0.4, -0.2) is 34.4 Å². The van der Waals surface area contributed by atoms with Crippen LogP contribution in [0.5, 0.6) is 0 Å². The highest BCUT2D eigenvalue weighted by atomic mass is 16.2. The van der Waals surface area contributed by atoms with Gasteiger partial charge in [0.1, 0.15) is 5.69 Å². The third-order valence-corrected chi connectivity index (χ3v) is 1.91. The first-order valence-electron chi connectivity index (χ1n) is 4.41. The van der Waals surface area contributed by atoms with Gasteiger partial charge in [0.25, 0.3) is 5.91 Å². The maximum atomic E-state index is 11.7. The molecule has 0 saturated heterocycles. The van der Waals surface area contributed by atoms with Crippen molar-refractivity contribution >= 4 is 11.9 Å². The molecule has 1 aromatic rings. The minimum atomic E-state index is -0.135. The first-order chi connectivity index (χ1) is 6.54. The fourth-order valence-corrected chi connectivity index (χ4v) is 1.04. The van der Waals surface area contributed by atoms with Gasteiger partial charge in [-0.25, -0.2) is 9.97 Å². The summed E-state index contributed by atoms with van der Waals surface area (Å²) in [6.45, 7) is 4.32. The van der Waals surface area contributed by atoms with E-state index in [-0.39, 0.29) is 11.9 Å². The standard InChI is InChI=1S/C9H14N4O/c1-4-13(3)8(14)7-5-6(2)11-9(10)12-7/h5H,4H2,1-3H3,(H2,10,11,12). The molecule has 14 heavy (non-hydrogen) atoms. The Hall–Kier alpha value is -1.65. The molecule has 0 bridgehead atoms. The zero-order valence-electron chi connectivity index (χ0n) is 8.61. The summed E-state index contributed by atoms with van der Waals surface area (Å²) in [7, 11) is 1.72. The highest BCUT2D eigenvalue weighted by Crippen LogP contribution is 2.04. The van der Waals surface area contributed by atoms with Gasteiger partial charge in [0.05, 0.1) is 0 Å². The Morgan fingerprint density at radius 3 is 2.71 bits per heavy atom. The molecule has 0 atom stereocenters. The van der Waals surface area contributed by atoms with Crippen molar-refractivity contribution in [2.24, 2.45) is 0 Å². The number of nitrogens with zero attached hydrogens (tertiary/aromatic N) is 3. The number of anilines is 1. The fourth-order valence-electron chi connectivity index (χ4n) is 1.04. The number of nitrogens with two attached hydrogens (primary N) is 1. The summed E-state index contributed by atoms with van der Waals surface area (Å²) in [5.74, 6) is 0.00236. The van der Waals surface area contributed by atoms with Crippen molar-refractivity contribution in [3.8, 4) is 0 Å². The number of rotatable bonds is 2. The van der Waals surface area contributed by atoms with Crippen molar-refractivity contribution in [1.29, 1.82) is 0 Å². The van der Waals surface area contributed by atoms with Crippen LogP contribution in [0.3, 0.4) is 0 Å². The molecule has 1 rings (SSSR count). The molecule has 76 valence electrons. The lowest BCUT2D eigenvalue weighted by molar-refractivity contribution is 0.0796. The highest BCUT2D eigenvalue weighted by Gasteiger charge is 2.12. The Morgan fingerprint density at radius 1 is 1.57 bits per heavy atom. The van der Waals surface area contributed by atoms with Crippen LogP contribution in [0.25, 0.3) is 0 Å². The minimum absolute atomic E-state index is 0.135. The number of nitrogen functional groups attached to an aromatic ring is 1. The first kappa shape index (κ1) is 10.4. The third kappa shape index (κ3) is 2.18. The molecular formula is C9H14N4O. The van der Waals surface area contributed by atoms with Gasteiger partial charge in [-0.2, -0.15) is 0 Å². The maximum Gasteiger partial charge on any atom is 0.272 e. The normalized spacial score (nSPS) is 9.93. The van der Waals surface area contributed by atoms with E-state index >= 15 is 0 Å². The van der Waals surface area contributed by atoms with Crippen LogP contribution in [-0.2, 0) is 0 Å². The van der Waals surface area contributed by atoms with Gasteiger partial charge in [-0.3, -0.25) is 4.79 Å². The lowest BCUT2D eigenvalue weighted by Crippen LogP contribution is -2.27. The molecule has 0 fully saturated rings. The van der Waals surface area contributed by atoms with Crippen molar-refractivity contribution in [2.75, 3.05) is 19.3 Å². The molecule has 0 aromatic carbocycles. The zero-order chi connectivity index (χ0) is 10.7. The van der Waals surface area contributed by atoms with Gasteiger partial charge in [0, 0.05) is 19.3 Å². The lowest BCUT2D eigenvalue weighted by Gasteiger charge is -2.13. The van der Waals surface area contributed by atoms with E-state index in [1.807, 2.05) is 6.92 Å². The number of hydrogen-bond acceptors (Lipinski definition) is 4. The second kappa shape index (κ2) is 4.04. The van der Waals surface area contributed by atoms with Gasteiger partial charge in [0.2, 0.25) is 5.95 Å². The number of hydrogen-bond donors (Lipinski definition) is 1. The molecule has 0 aliphatic heterocycles. The van der Waals surface area contributed by atoms with Crippen LogP contribution in [0.15, 0.2) is 6.07 Å². The molecule has 0 aliphatic carbocycles. The lowest BCUT2D eigenvalue weighted by atomic mass is 10.3. The van der Waals surface area contributed by atoms with E-state index in [1.165, 1.54) is 0 Å². The summed E-state index contributed by atoms with van der Waals surface area (Å²) in [5.41, 5.74) is 6.49. The molecular weight excluding hydrogens is 180 g/mol. The van der Waals surface area contributed by atoms with E-state index < -0.39 is 0 Å². The molecule has 5 nitrogen and oxygen atoms in total. The van der Waals surface area contributed by atoms with E-state index in [0.29, 0.717) is 17.9 Å². The Labute approximate surface area is 83.0 Å². The Balaban J connectivity index is 3.01. The summed E-state index contributed by atoms with van der Waals surface area (Å²) < 4.78 is 0. The van der Waals surface area contributed by atoms with Crippen molar-refractivity contribution in [3.05, 3.63) is 17.5 Å². The molecule has 0 aliphatic rings. The van der Waals surface area contributed by atoms with E-state index in [2.05, 4.69) is 9.97 Å². The predicted octanol–water partition coefficient (Wildman–Crippen LogP) is 0.459. The van der Waals surface area contributed by atoms with Gasteiger partial charge in [-0.15, -0.1) is 0 Å². The van der Waals surface area contributed by atoms with E-state index in [1.54, 1.807) is 24.9 Å². The van der Waals surface area contributed by atoms with Crippen molar-refractivity contribution in [3.63, 3.8) is 0 Å². The molecule has 5 heteroatoms. The predicted molar refractivity (Wildman–Crippen MR) is 53.8 cm³/mol. The van der Waals surface area contributed by atoms with E-state index in [0.717, 1.165) is 0 Å². The fraction of sp³-hybridized carbons (Fsp3) is 0.444. The number of carbonyl (C=O) groups is 1. The average Bonchev–Trinajstić information content (AvgIpc) is 2.14. The zero-order valence-corrected chi connectivity index (χ0v) is 8.61. The van der Waals surface area contributed by atoms with Gasteiger partial charge in [-0.1, -0.05) is 0 Å². The molecule has 0 saturated carbocycles. The smallest absolute Gasteiger partial charge is 0.272 e. The van der Waals surface area contributed by atoms with Gasteiger partial charge in [-0.05, 0) is 19.9 Å². The van der Waals surface area contributed by atoms with Crippen molar-refractivity contribution < 1.29 is 4.79 Å². The van der Waals surface area contributed by atoms with Crippen LogP contribution in [0.4, 0.5) is 5.95 Å². The number of carbonyl (C=O) groups excluding carboxylic acids is 1. The monoisotopic (exact) mass is 194 g/mol. The van der Waals surface area contributed by atoms with Gasteiger partial charge >= 0.3 is 0 Å². The minimum Gasteiger partial charge on any atom is -0.368 e. The summed E-state index contributed by atoms with van der Waals surface area (Å²) in [6, 6.07) is 1.63. The van der Waals surface area contributed by atoms with Gasteiger partial charge in [0.15, 0.2) is 0 Å². The second-order valence-corrected chi connectivity index (χ2v) is 3.07. The molecule has 1 amide bonds. The van der Waals surface area contributed by atoms with Gasteiger partial charge < -0.3 is 10.6 Å². The summed E-state index contributed by atoms with van der Waals surface area (Å²) in [4.78, 5) is 21.0. The summed E-state index contributed by atoms with van der Waals surface area (Å²) >= 11 is 0. The Bertz CT molecular complexity index is 330. The number of aryl methyl sites for hydroxylation is 1. The number of amides is 1. The summed E-state index contributed by atoms with van der Waals surface area (Å²) in [6.07, 6.45) is 0. The highest BCUT2D eigenvalue weighted by molar-refractivity contribution is 5.92.